The Labute approximate surface area is 69.9 Å². The van der Waals surface area contributed by atoms with Crippen LogP contribution in [0.15, 0.2) is 34.2 Å². The van der Waals surface area contributed by atoms with Crippen molar-refractivity contribution in [1.82, 2.24) is 0 Å². The largest absolute Gasteiger partial charge is 0.453 e. The van der Waals surface area contributed by atoms with E-state index < -0.39 is 0 Å². The van der Waals surface area contributed by atoms with Gasteiger partial charge < -0.3 is 9.47 Å². The average Bonchev–Trinajstić information content (AvgIpc) is 2.21. The fraction of sp³-hybridized carbons (Fsp3) is 0.250. The summed E-state index contributed by atoms with van der Waals surface area (Å²) in [6.07, 6.45) is 6.48. The topological polar surface area (TPSA) is 43.2 Å². The van der Waals surface area contributed by atoms with Crippen LogP contribution in [0.2, 0.25) is 0 Å². The van der Waals surface area contributed by atoms with E-state index >= 15 is 0 Å². The van der Waals surface area contributed by atoms with Crippen molar-refractivity contribution in [3.05, 3.63) is 24.2 Å². The molecule has 0 bridgehead atoms. The number of aliphatic imine (C=N–C) groups is 2. The molecule has 2 aliphatic heterocycles. The third kappa shape index (κ3) is 1.37. The molecular formula is C8H8N2O2. The van der Waals surface area contributed by atoms with E-state index in [9.17, 15) is 0 Å². The second-order valence-electron chi connectivity index (χ2n) is 2.36. The number of hydrogen-bond donors (Lipinski definition) is 0. The van der Waals surface area contributed by atoms with Crippen LogP contribution in [0, 0.1) is 0 Å². The van der Waals surface area contributed by atoms with Gasteiger partial charge in [0, 0.05) is 0 Å². The predicted molar refractivity (Wildman–Crippen MR) is 45.1 cm³/mol. The lowest BCUT2D eigenvalue weighted by Crippen LogP contribution is -2.13. The minimum absolute atomic E-state index is 0.576. The van der Waals surface area contributed by atoms with Gasteiger partial charge in [-0.2, -0.15) is 0 Å². The van der Waals surface area contributed by atoms with Gasteiger partial charge in [0.2, 0.25) is 5.90 Å². The molecular weight excluding hydrogens is 156 g/mol. The maximum absolute atomic E-state index is 5.16. The predicted octanol–water partition coefficient (Wildman–Crippen LogP) is 0.871. The molecule has 0 aromatic heterocycles. The van der Waals surface area contributed by atoms with Crippen molar-refractivity contribution in [2.45, 2.75) is 0 Å². The standard InChI is InChI=1S/C8H8N2O2/c1-2-10-8(12-3-1)7-4-9-6-11-5-7/h1,3,5-6H,2,4H2. The normalized spacial score (nSPS) is 20.7. The lowest BCUT2D eigenvalue weighted by atomic mass is 10.3. The molecule has 4 nitrogen and oxygen atoms in total. The molecule has 0 N–H and O–H groups in total. The van der Waals surface area contributed by atoms with Gasteiger partial charge in [0.1, 0.15) is 6.26 Å². The summed E-state index contributed by atoms with van der Waals surface area (Å²) in [7, 11) is 0. The second-order valence-corrected chi connectivity index (χ2v) is 2.36. The molecule has 0 unspecified atom stereocenters. The molecule has 2 rings (SSSR count). The first-order valence-corrected chi connectivity index (χ1v) is 3.66. The quantitative estimate of drug-likeness (QED) is 0.577. The Bertz CT molecular complexity index is 259. The zero-order valence-corrected chi connectivity index (χ0v) is 6.43. The fourth-order valence-corrected chi connectivity index (χ4v) is 0.952. The van der Waals surface area contributed by atoms with Crippen molar-refractivity contribution >= 4 is 12.3 Å². The molecule has 0 amide bonds. The van der Waals surface area contributed by atoms with E-state index in [1.807, 2.05) is 6.08 Å². The number of hydrogen-bond acceptors (Lipinski definition) is 4. The summed E-state index contributed by atoms with van der Waals surface area (Å²) in [6, 6.07) is 0. The van der Waals surface area contributed by atoms with Gasteiger partial charge in [-0.15, -0.1) is 0 Å². The molecule has 4 heteroatoms. The molecule has 2 aliphatic rings. The van der Waals surface area contributed by atoms with Gasteiger partial charge in [-0.05, 0) is 6.08 Å². The molecule has 2 heterocycles. The van der Waals surface area contributed by atoms with Crippen LogP contribution in [-0.4, -0.2) is 25.4 Å². The zero-order chi connectivity index (χ0) is 8.23. The zero-order valence-electron chi connectivity index (χ0n) is 6.43. The Balaban J connectivity index is 2.08. The monoisotopic (exact) mass is 164 g/mol. The van der Waals surface area contributed by atoms with Crippen molar-refractivity contribution in [2.24, 2.45) is 9.98 Å². The Hall–Kier alpha value is -1.58. The van der Waals surface area contributed by atoms with Crippen molar-refractivity contribution in [3.8, 4) is 0 Å². The molecule has 0 aromatic rings. The first-order chi connectivity index (χ1) is 5.97. The highest BCUT2D eigenvalue weighted by Gasteiger charge is 2.11. The highest BCUT2D eigenvalue weighted by atomic mass is 16.5. The first-order valence-electron chi connectivity index (χ1n) is 3.66. The van der Waals surface area contributed by atoms with Crippen LogP contribution >= 0.6 is 0 Å². The van der Waals surface area contributed by atoms with Gasteiger partial charge in [-0.25, -0.2) is 4.99 Å². The molecule has 0 aliphatic carbocycles. The second kappa shape index (κ2) is 3.21. The molecule has 0 saturated heterocycles. The smallest absolute Gasteiger partial charge is 0.222 e. The lowest BCUT2D eigenvalue weighted by molar-refractivity contribution is 0.443. The minimum Gasteiger partial charge on any atom is -0.453 e. The Kier molecular flexibility index (Phi) is 1.90. The number of ether oxygens (including phenoxy) is 2. The van der Waals surface area contributed by atoms with Crippen LogP contribution in [0.25, 0.3) is 0 Å². The van der Waals surface area contributed by atoms with E-state index in [2.05, 4.69) is 9.98 Å². The maximum Gasteiger partial charge on any atom is 0.222 e. The Morgan fingerprint density at radius 2 is 2.42 bits per heavy atom. The Morgan fingerprint density at radius 3 is 3.08 bits per heavy atom. The van der Waals surface area contributed by atoms with Gasteiger partial charge in [-0.3, -0.25) is 4.99 Å². The summed E-state index contributed by atoms with van der Waals surface area (Å²) in [6.45, 7) is 1.24. The summed E-state index contributed by atoms with van der Waals surface area (Å²) in [5.41, 5.74) is 0.877. The van der Waals surface area contributed by atoms with E-state index in [0.29, 0.717) is 19.0 Å². The molecule has 62 valence electrons. The van der Waals surface area contributed by atoms with Crippen LogP contribution in [-0.2, 0) is 9.47 Å². The fourth-order valence-electron chi connectivity index (χ4n) is 0.952. The number of nitrogens with zero attached hydrogens (tertiary/aromatic N) is 2. The Morgan fingerprint density at radius 1 is 1.42 bits per heavy atom. The van der Waals surface area contributed by atoms with E-state index in [1.54, 1.807) is 12.5 Å². The summed E-state index contributed by atoms with van der Waals surface area (Å²) in [5.74, 6) is 0.606. The lowest BCUT2D eigenvalue weighted by Gasteiger charge is -2.11. The van der Waals surface area contributed by atoms with Crippen molar-refractivity contribution in [2.75, 3.05) is 13.1 Å². The summed E-state index contributed by atoms with van der Waals surface area (Å²) in [4.78, 5) is 8.07. The van der Waals surface area contributed by atoms with Gasteiger partial charge in [0.25, 0.3) is 0 Å². The molecule has 0 aromatic carbocycles. The van der Waals surface area contributed by atoms with E-state index in [1.165, 1.54) is 6.40 Å². The van der Waals surface area contributed by atoms with Crippen LogP contribution in [0.3, 0.4) is 0 Å². The van der Waals surface area contributed by atoms with Crippen molar-refractivity contribution < 1.29 is 9.47 Å². The third-order valence-corrected chi connectivity index (χ3v) is 1.50. The highest BCUT2D eigenvalue weighted by molar-refractivity contribution is 5.95. The molecule has 0 saturated carbocycles. The van der Waals surface area contributed by atoms with Crippen LogP contribution in [0.1, 0.15) is 0 Å². The molecule has 0 fully saturated rings. The number of rotatable bonds is 1. The molecule has 12 heavy (non-hydrogen) atoms. The SMILES string of the molecule is C1=COC(C2=COC=NC2)=NC1. The van der Waals surface area contributed by atoms with Gasteiger partial charge in [0.15, 0.2) is 6.40 Å². The van der Waals surface area contributed by atoms with Gasteiger partial charge >= 0.3 is 0 Å². The average molecular weight is 164 g/mol. The first kappa shape index (κ1) is 7.09. The van der Waals surface area contributed by atoms with Crippen LogP contribution in [0.5, 0.6) is 0 Å². The van der Waals surface area contributed by atoms with E-state index in [4.69, 9.17) is 9.47 Å². The van der Waals surface area contributed by atoms with Crippen molar-refractivity contribution in [3.63, 3.8) is 0 Å². The third-order valence-electron chi connectivity index (χ3n) is 1.50. The minimum atomic E-state index is 0.576. The van der Waals surface area contributed by atoms with Crippen molar-refractivity contribution in [1.29, 1.82) is 0 Å². The summed E-state index contributed by atoms with van der Waals surface area (Å²) in [5, 5.41) is 0. The summed E-state index contributed by atoms with van der Waals surface area (Å²) < 4.78 is 10.1. The molecule has 0 radical (unpaired) electrons. The van der Waals surface area contributed by atoms with Crippen LogP contribution < -0.4 is 0 Å². The van der Waals surface area contributed by atoms with Crippen LogP contribution in [0.4, 0.5) is 0 Å². The van der Waals surface area contributed by atoms with E-state index in [0.717, 1.165) is 5.57 Å². The summed E-state index contributed by atoms with van der Waals surface area (Å²) >= 11 is 0. The van der Waals surface area contributed by atoms with Gasteiger partial charge in [0.05, 0.1) is 24.9 Å². The van der Waals surface area contributed by atoms with E-state index in [-0.39, 0.29) is 0 Å². The maximum atomic E-state index is 5.16. The molecule has 0 spiro atoms. The molecule has 0 atom stereocenters. The van der Waals surface area contributed by atoms with Gasteiger partial charge in [-0.1, -0.05) is 0 Å². The highest BCUT2D eigenvalue weighted by Crippen LogP contribution is 2.07.